The molecule has 1 aliphatic rings. The first kappa shape index (κ1) is 16.2. The van der Waals surface area contributed by atoms with Crippen molar-refractivity contribution in [1.29, 1.82) is 0 Å². The lowest BCUT2D eigenvalue weighted by molar-refractivity contribution is -0.141. The maximum Gasteiger partial charge on any atom is 0.306 e. The fourth-order valence-electron chi connectivity index (χ4n) is 2.68. The molecule has 24 heavy (non-hydrogen) atoms. The first-order valence-corrected chi connectivity index (χ1v) is 7.85. The Labute approximate surface area is 140 Å². The molecule has 0 saturated carbocycles. The molecule has 124 valence electrons. The minimum Gasteiger partial charge on any atom is -0.481 e. The van der Waals surface area contributed by atoms with Crippen LogP contribution in [0.25, 0.3) is 0 Å². The van der Waals surface area contributed by atoms with E-state index in [-0.39, 0.29) is 5.91 Å². The molecule has 1 heterocycles. The SMILES string of the molecule is CC(Cc1ccc(NC(=O)c2ccc3c(c2)COC3)cc1)C(=O)O. The second kappa shape index (κ2) is 6.84. The van der Waals surface area contributed by atoms with Crippen molar-refractivity contribution in [2.45, 2.75) is 26.6 Å². The van der Waals surface area contributed by atoms with Crippen molar-refractivity contribution in [3.05, 3.63) is 64.7 Å². The largest absolute Gasteiger partial charge is 0.481 e. The number of hydrogen-bond acceptors (Lipinski definition) is 3. The minimum atomic E-state index is -0.812. The van der Waals surface area contributed by atoms with Crippen molar-refractivity contribution >= 4 is 17.6 Å². The summed E-state index contributed by atoms with van der Waals surface area (Å²) in [4.78, 5) is 23.2. The van der Waals surface area contributed by atoms with E-state index in [1.807, 2.05) is 24.3 Å². The number of benzene rings is 2. The molecule has 2 aromatic rings. The summed E-state index contributed by atoms with van der Waals surface area (Å²) in [6.45, 7) is 2.83. The fourth-order valence-corrected chi connectivity index (χ4v) is 2.68. The highest BCUT2D eigenvalue weighted by Gasteiger charge is 2.15. The smallest absolute Gasteiger partial charge is 0.306 e. The second-order valence-corrected chi connectivity index (χ2v) is 6.07. The molecule has 0 spiro atoms. The zero-order valence-corrected chi connectivity index (χ0v) is 13.4. The summed E-state index contributed by atoms with van der Waals surface area (Å²) in [5, 5.41) is 11.8. The van der Waals surface area contributed by atoms with Gasteiger partial charge in [0.15, 0.2) is 0 Å². The summed E-state index contributed by atoms with van der Waals surface area (Å²) in [5.74, 6) is -1.41. The van der Waals surface area contributed by atoms with E-state index in [4.69, 9.17) is 9.84 Å². The van der Waals surface area contributed by atoms with Gasteiger partial charge < -0.3 is 15.2 Å². The number of aliphatic carboxylic acids is 1. The highest BCUT2D eigenvalue weighted by molar-refractivity contribution is 6.04. The Kier molecular flexibility index (Phi) is 4.62. The molecule has 5 heteroatoms. The van der Waals surface area contributed by atoms with Crippen molar-refractivity contribution in [3.63, 3.8) is 0 Å². The summed E-state index contributed by atoms with van der Waals surface area (Å²) in [6.07, 6.45) is 0.467. The molecule has 5 nitrogen and oxygen atoms in total. The molecule has 1 unspecified atom stereocenters. The van der Waals surface area contributed by atoms with Gasteiger partial charge >= 0.3 is 5.97 Å². The highest BCUT2D eigenvalue weighted by atomic mass is 16.5. The second-order valence-electron chi connectivity index (χ2n) is 6.07. The lowest BCUT2D eigenvalue weighted by atomic mass is 10.0. The van der Waals surface area contributed by atoms with E-state index in [1.54, 1.807) is 25.1 Å². The van der Waals surface area contributed by atoms with Crippen molar-refractivity contribution in [2.24, 2.45) is 5.92 Å². The molecule has 0 saturated heterocycles. The number of rotatable bonds is 5. The van der Waals surface area contributed by atoms with E-state index in [2.05, 4.69) is 5.32 Å². The zero-order chi connectivity index (χ0) is 17.1. The average molecular weight is 325 g/mol. The van der Waals surface area contributed by atoms with Gasteiger partial charge in [0, 0.05) is 11.3 Å². The van der Waals surface area contributed by atoms with Gasteiger partial charge in [-0.1, -0.05) is 25.1 Å². The van der Waals surface area contributed by atoms with Gasteiger partial charge in [0.2, 0.25) is 0 Å². The summed E-state index contributed by atoms with van der Waals surface area (Å²) >= 11 is 0. The van der Waals surface area contributed by atoms with E-state index in [0.717, 1.165) is 16.7 Å². The molecular formula is C19H19NO4. The first-order chi connectivity index (χ1) is 11.5. The summed E-state index contributed by atoms with van der Waals surface area (Å²) < 4.78 is 5.36. The van der Waals surface area contributed by atoms with E-state index in [1.165, 1.54) is 0 Å². The van der Waals surface area contributed by atoms with Gasteiger partial charge in [0.1, 0.15) is 0 Å². The zero-order valence-electron chi connectivity index (χ0n) is 13.4. The number of hydrogen-bond donors (Lipinski definition) is 2. The Morgan fingerprint density at radius 3 is 2.54 bits per heavy atom. The average Bonchev–Trinajstić information content (AvgIpc) is 3.04. The Hall–Kier alpha value is -2.66. The number of carbonyl (C=O) groups excluding carboxylic acids is 1. The normalized spacial score (nSPS) is 14.0. The van der Waals surface area contributed by atoms with Crippen LogP contribution < -0.4 is 5.32 Å². The number of ether oxygens (including phenoxy) is 1. The van der Waals surface area contributed by atoms with Crippen LogP contribution in [0.4, 0.5) is 5.69 Å². The molecule has 1 amide bonds. The maximum atomic E-state index is 12.3. The van der Waals surface area contributed by atoms with E-state index in [0.29, 0.717) is 30.9 Å². The van der Waals surface area contributed by atoms with Gasteiger partial charge in [-0.15, -0.1) is 0 Å². The van der Waals surface area contributed by atoms with Crippen LogP contribution in [-0.4, -0.2) is 17.0 Å². The van der Waals surface area contributed by atoms with Crippen LogP contribution in [0.15, 0.2) is 42.5 Å². The number of carboxylic acid groups (broad SMARTS) is 1. The van der Waals surface area contributed by atoms with Gasteiger partial charge in [-0.3, -0.25) is 9.59 Å². The standard InChI is InChI=1S/C19H19NO4/c1-12(19(22)23)8-13-2-6-17(7-3-13)20-18(21)14-4-5-15-10-24-11-16(15)9-14/h2-7,9,12H,8,10-11H2,1H3,(H,20,21)(H,22,23). The van der Waals surface area contributed by atoms with E-state index in [9.17, 15) is 9.59 Å². The van der Waals surface area contributed by atoms with Crippen LogP contribution in [-0.2, 0) is 29.2 Å². The number of nitrogens with one attached hydrogen (secondary N) is 1. The Bertz CT molecular complexity index is 767. The van der Waals surface area contributed by atoms with Gasteiger partial charge in [-0.25, -0.2) is 0 Å². The lowest BCUT2D eigenvalue weighted by Gasteiger charge is -2.09. The Balaban J connectivity index is 1.65. The molecule has 0 radical (unpaired) electrons. The van der Waals surface area contributed by atoms with Gasteiger partial charge in [-0.2, -0.15) is 0 Å². The van der Waals surface area contributed by atoms with Gasteiger partial charge in [0.05, 0.1) is 19.1 Å². The van der Waals surface area contributed by atoms with Crippen molar-refractivity contribution < 1.29 is 19.4 Å². The summed E-state index contributed by atoms with van der Waals surface area (Å²) in [5.41, 5.74) is 4.40. The quantitative estimate of drug-likeness (QED) is 0.885. The fraction of sp³-hybridized carbons (Fsp3) is 0.263. The van der Waals surface area contributed by atoms with Gasteiger partial charge in [0.25, 0.3) is 5.91 Å². The Morgan fingerprint density at radius 1 is 1.12 bits per heavy atom. The lowest BCUT2D eigenvalue weighted by Crippen LogP contribution is -2.13. The monoisotopic (exact) mass is 325 g/mol. The molecule has 1 atom stereocenters. The third-order valence-corrected chi connectivity index (χ3v) is 4.16. The molecule has 3 rings (SSSR count). The molecule has 0 aromatic heterocycles. The highest BCUT2D eigenvalue weighted by Crippen LogP contribution is 2.21. The van der Waals surface area contributed by atoms with E-state index < -0.39 is 11.9 Å². The van der Waals surface area contributed by atoms with Crippen molar-refractivity contribution in [3.8, 4) is 0 Å². The predicted octanol–water partition coefficient (Wildman–Crippen LogP) is 3.23. The summed E-state index contributed by atoms with van der Waals surface area (Å²) in [7, 11) is 0. The van der Waals surface area contributed by atoms with Crippen LogP contribution in [0.2, 0.25) is 0 Å². The van der Waals surface area contributed by atoms with Crippen LogP contribution in [0, 0.1) is 5.92 Å². The van der Waals surface area contributed by atoms with Crippen molar-refractivity contribution in [2.75, 3.05) is 5.32 Å². The summed E-state index contributed by atoms with van der Waals surface area (Å²) in [6, 6.07) is 12.8. The predicted molar refractivity (Wildman–Crippen MR) is 89.8 cm³/mol. The molecule has 0 aliphatic carbocycles. The maximum absolute atomic E-state index is 12.3. The van der Waals surface area contributed by atoms with Crippen LogP contribution in [0.3, 0.4) is 0 Å². The molecule has 0 fully saturated rings. The molecule has 1 aliphatic heterocycles. The number of anilines is 1. The molecular weight excluding hydrogens is 306 g/mol. The molecule has 2 N–H and O–H groups in total. The number of amides is 1. The third-order valence-electron chi connectivity index (χ3n) is 4.16. The number of carboxylic acids is 1. The topological polar surface area (TPSA) is 75.6 Å². The van der Waals surface area contributed by atoms with Crippen molar-refractivity contribution in [1.82, 2.24) is 0 Å². The van der Waals surface area contributed by atoms with Crippen LogP contribution in [0.1, 0.15) is 34.0 Å². The number of carbonyl (C=O) groups is 2. The van der Waals surface area contributed by atoms with Gasteiger partial charge in [-0.05, 0) is 47.4 Å². The van der Waals surface area contributed by atoms with Crippen LogP contribution in [0.5, 0.6) is 0 Å². The third kappa shape index (κ3) is 3.63. The molecule has 2 aromatic carbocycles. The minimum absolute atomic E-state index is 0.170. The Morgan fingerprint density at radius 2 is 1.83 bits per heavy atom. The number of fused-ring (bicyclic) bond motifs is 1. The van der Waals surface area contributed by atoms with E-state index >= 15 is 0 Å². The molecule has 0 bridgehead atoms. The van der Waals surface area contributed by atoms with Crippen LogP contribution >= 0.6 is 0 Å². The first-order valence-electron chi connectivity index (χ1n) is 7.85.